The quantitative estimate of drug-likeness (QED) is 0.175. The summed E-state index contributed by atoms with van der Waals surface area (Å²) in [5.74, 6) is -5.87. The number of carboxylic acids is 2. The number of rotatable bonds is 13. The highest BCUT2D eigenvalue weighted by Gasteiger charge is 2.32. The Morgan fingerprint density at radius 1 is 0.879 bits per heavy atom. The minimum atomic E-state index is -1.57. The minimum Gasteiger partial charge on any atom is -0.481 e. The fourth-order valence-electron chi connectivity index (χ4n) is 2.85. The molecule has 3 amide bonds. The first-order chi connectivity index (χ1) is 15.5. The summed E-state index contributed by atoms with van der Waals surface area (Å²) < 4.78 is 0. The molecule has 0 aliphatic heterocycles. The van der Waals surface area contributed by atoms with E-state index in [1.54, 1.807) is 44.2 Å². The minimum absolute atomic E-state index is 0.0113. The van der Waals surface area contributed by atoms with Gasteiger partial charge in [0.05, 0.1) is 13.0 Å². The van der Waals surface area contributed by atoms with E-state index >= 15 is 0 Å². The fourth-order valence-corrected chi connectivity index (χ4v) is 2.85. The smallest absolute Gasteiger partial charge is 0.326 e. The third kappa shape index (κ3) is 9.25. The summed E-state index contributed by atoms with van der Waals surface area (Å²) in [6.45, 7) is 2.48. The molecule has 33 heavy (non-hydrogen) atoms. The second kappa shape index (κ2) is 13.1. The van der Waals surface area contributed by atoms with Crippen LogP contribution in [0.2, 0.25) is 0 Å². The van der Waals surface area contributed by atoms with Crippen molar-refractivity contribution in [1.29, 1.82) is 0 Å². The first-order valence-corrected chi connectivity index (χ1v) is 10.2. The number of amides is 3. The predicted molar refractivity (Wildman–Crippen MR) is 116 cm³/mol. The van der Waals surface area contributed by atoms with E-state index in [0.29, 0.717) is 5.56 Å². The zero-order valence-corrected chi connectivity index (χ0v) is 18.4. The number of aliphatic hydroxyl groups is 1. The van der Waals surface area contributed by atoms with Crippen molar-refractivity contribution in [2.45, 2.75) is 50.9 Å². The third-order valence-electron chi connectivity index (χ3n) is 4.69. The van der Waals surface area contributed by atoms with Crippen LogP contribution < -0.4 is 21.7 Å². The molecule has 1 aromatic rings. The molecule has 0 aliphatic rings. The molecule has 1 aromatic carbocycles. The Hall–Kier alpha value is -3.51. The number of hydrogen-bond acceptors (Lipinski definition) is 7. The number of aliphatic hydroxyl groups excluding tert-OH is 1. The summed E-state index contributed by atoms with van der Waals surface area (Å²) >= 11 is 0. The second-order valence-corrected chi connectivity index (χ2v) is 7.77. The number of nitrogens with two attached hydrogens (primary N) is 1. The lowest BCUT2D eigenvalue weighted by molar-refractivity contribution is -0.143. The summed E-state index contributed by atoms with van der Waals surface area (Å²) in [7, 11) is 0. The lowest BCUT2D eigenvalue weighted by atomic mass is 10.0. The van der Waals surface area contributed by atoms with Gasteiger partial charge in [-0.25, -0.2) is 4.79 Å². The molecule has 4 atom stereocenters. The van der Waals surface area contributed by atoms with E-state index in [1.165, 1.54) is 0 Å². The van der Waals surface area contributed by atoms with Crippen LogP contribution in [0.25, 0.3) is 0 Å². The molecule has 0 fully saturated rings. The third-order valence-corrected chi connectivity index (χ3v) is 4.69. The molecular formula is C21H30N4O8. The number of benzene rings is 1. The summed E-state index contributed by atoms with van der Waals surface area (Å²) in [5, 5.41) is 34.4. The van der Waals surface area contributed by atoms with Crippen LogP contribution in [0.4, 0.5) is 0 Å². The normalized spacial score (nSPS) is 14.5. The number of carbonyl (C=O) groups is 5. The summed E-state index contributed by atoms with van der Waals surface area (Å²) in [6.07, 6.45) is -0.786. The topological polar surface area (TPSA) is 208 Å². The Labute approximate surface area is 190 Å². The number of nitrogens with one attached hydrogen (secondary N) is 3. The fraction of sp³-hybridized carbons (Fsp3) is 0.476. The molecule has 0 spiro atoms. The van der Waals surface area contributed by atoms with Gasteiger partial charge in [0, 0.05) is 6.42 Å². The highest BCUT2D eigenvalue weighted by Crippen LogP contribution is 2.08. The van der Waals surface area contributed by atoms with E-state index in [0.717, 1.165) is 0 Å². The summed E-state index contributed by atoms with van der Waals surface area (Å²) in [6, 6.07) is 3.22. The standard InChI is InChI=1S/C21H30N4O8/c1-11(2)17(20(31)24-15(21(32)33)8-12-6-4-3-5-7-12)25-19(30)14(9-16(27)28)23-18(29)13(22)10-26/h3-7,11,13-15,17,26H,8-10,22H2,1-2H3,(H,23,29)(H,24,31)(H,25,30)(H,27,28)(H,32,33). The molecule has 12 heteroatoms. The molecule has 1 rings (SSSR count). The number of carbonyl (C=O) groups excluding carboxylic acids is 3. The van der Waals surface area contributed by atoms with E-state index in [1.807, 2.05) is 0 Å². The summed E-state index contributed by atoms with van der Waals surface area (Å²) in [5.41, 5.74) is 6.06. The van der Waals surface area contributed by atoms with Gasteiger partial charge >= 0.3 is 11.9 Å². The van der Waals surface area contributed by atoms with Crippen molar-refractivity contribution in [3.63, 3.8) is 0 Å². The molecule has 0 bridgehead atoms. The Kier molecular flexibility index (Phi) is 11.0. The highest BCUT2D eigenvalue weighted by molar-refractivity contribution is 5.95. The SMILES string of the molecule is CC(C)C(NC(=O)C(CC(=O)O)NC(=O)C(N)CO)C(=O)NC(Cc1ccccc1)C(=O)O. The van der Waals surface area contributed by atoms with Crippen molar-refractivity contribution in [1.82, 2.24) is 16.0 Å². The molecular weight excluding hydrogens is 436 g/mol. The van der Waals surface area contributed by atoms with Crippen LogP contribution in [-0.4, -0.2) is 75.8 Å². The van der Waals surface area contributed by atoms with E-state index < -0.39 is 72.8 Å². The van der Waals surface area contributed by atoms with Crippen molar-refractivity contribution >= 4 is 29.7 Å². The van der Waals surface area contributed by atoms with Gasteiger partial charge in [-0.15, -0.1) is 0 Å². The maximum Gasteiger partial charge on any atom is 0.326 e. The van der Waals surface area contributed by atoms with Crippen LogP contribution in [0.5, 0.6) is 0 Å². The van der Waals surface area contributed by atoms with Crippen LogP contribution in [0.15, 0.2) is 30.3 Å². The van der Waals surface area contributed by atoms with Crippen molar-refractivity contribution in [3.05, 3.63) is 35.9 Å². The van der Waals surface area contributed by atoms with Crippen LogP contribution in [-0.2, 0) is 30.4 Å². The molecule has 0 aromatic heterocycles. The monoisotopic (exact) mass is 466 g/mol. The van der Waals surface area contributed by atoms with Gasteiger partial charge in [-0.3, -0.25) is 19.2 Å². The van der Waals surface area contributed by atoms with Gasteiger partial charge in [0.1, 0.15) is 24.2 Å². The lowest BCUT2D eigenvalue weighted by Gasteiger charge is -2.26. The van der Waals surface area contributed by atoms with Crippen molar-refractivity contribution in [2.75, 3.05) is 6.61 Å². The Morgan fingerprint density at radius 2 is 1.45 bits per heavy atom. The van der Waals surface area contributed by atoms with Gasteiger partial charge in [-0.2, -0.15) is 0 Å². The number of aliphatic carboxylic acids is 2. The Bertz CT molecular complexity index is 846. The molecule has 0 radical (unpaired) electrons. The Morgan fingerprint density at radius 3 is 1.94 bits per heavy atom. The zero-order valence-electron chi connectivity index (χ0n) is 18.4. The molecule has 0 saturated carbocycles. The Balaban J connectivity index is 2.96. The first-order valence-electron chi connectivity index (χ1n) is 10.2. The van der Waals surface area contributed by atoms with Crippen LogP contribution in [0.1, 0.15) is 25.8 Å². The van der Waals surface area contributed by atoms with E-state index in [9.17, 15) is 29.1 Å². The number of carboxylic acid groups (broad SMARTS) is 2. The average molecular weight is 466 g/mol. The maximum atomic E-state index is 12.8. The van der Waals surface area contributed by atoms with Gasteiger partial charge < -0.3 is 37.0 Å². The van der Waals surface area contributed by atoms with Gasteiger partial charge in [-0.1, -0.05) is 44.2 Å². The van der Waals surface area contributed by atoms with Crippen molar-refractivity contribution in [2.24, 2.45) is 11.7 Å². The maximum absolute atomic E-state index is 12.8. The van der Waals surface area contributed by atoms with E-state index in [-0.39, 0.29) is 6.42 Å². The lowest BCUT2D eigenvalue weighted by Crippen LogP contribution is -2.59. The van der Waals surface area contributed by atoms with Gasteiger partial charge in [0.2, 0.25) is 17.7 Å². The van der Waals surface area contributed by atoms with Gasteiger partial charge in [-0.05, 0) is 11.5 Å². The molecule has 4 unspecified atom stereocenters. The van der Waals surface area contributed by atoms with Crippen LogP contribution >= 0.6 is 0 Å². The van der Waals surface area contributed by atoms with Crippen LogP contribution in [0.3, 0.4) is 0 Å². The van der Waals surface area contributed by atoms with Crippen LogP contribution in [0, 0.1) is 5.92 Å². The van der Waals surface area contributed by atoms with Gasteiger partial charge in [0.25, 0.3) is 0 Å². The molecule has 182 valence electrons. The number of hydrogen-bond donors (Lipinski definition) is 7. The molecule has 0 saturated heterocycles. The van der Waals surface area contributed by atoms with E-state index in [2.05, 4.69) is 16.0 Å². The van der Waals surface area contributed by atoms with E-state index in [4.69, 9.17) is 15.9 Å². The largest absolute Gasteiger partial charge is 0.481 e. The predicted octanol–water partition coefficient (Wildman–Crippen LogP) is -1.78. The van der Waals surface area contributed by atoms with Crippen molar-refractivity contribution < 1.29 is 39.3 Å². The molecule has 0 aliphatic carbocycles. The summed E-state index contributed by atoms with van der Waals surface area (Å²) in [4.78, 5) is 60.1. The molecule has 8 N–H and O–H groups in total. The van der Waals surface area contributed by atoms with Gasteiger partial charge in [0.15, 0.2) is 0 Å². The molecule has 12 nitrogen and oxygen atoms in total. The molecule has 0 heterocycles. The zero-order chi connectivity index (χ0) is 25.1. The second-order valence-electron chi connectivity index (χ2n) is 7.77. The van der Waals surface area contributed by atoms with Crippen molar-refractivity contribution in [3.8, 4) is 0 Å². The highest BCUT2D eigenvalue weighted by atomic mass is 16.4. The first kappa shape index (κ1) is 27.5. The average Bonchev–Trinajstić information content (AvgIpc) is 2.75.